The Bertz CT molecular complexity index is 565. The standard InChI is InChI=1S/C13H18N4O2/c1-9(2)10(3)14-12(18)8-19-13-16-15-11-6-4-5-7-17(11)13/h4-7,9-10H,8H2,1-3H3,(H,14,18)/t10-/m0/s1. The minimum atomic E-state index is -0.158. The van der Waals surface area contributed by atoms with E-state index in [1.165, 1.54) is 0 Å². The van der Waals surface area contributed by atoms with Crippen LogP contribution >= 0.6 is 0 Å². The van der Waals surface area contributed by atoms with Gasteiger partial charge in [0.25, 0.3) is 5.91 Å². The van der Waals surface area contributed by atoms with Gasteiger partial charge in [0.2, 0.25) is 0 Å². The van der Waals surface area contributed by atoms with Crippen molar-refractivity contribution in [3.63, 3.8) is 0 Å². The zero-order chi connectivity index (χ0) is 13.8. The number of carbonyl (C=O) groups excluding carboxylic acids is 1. The lowest BCUT2D eigenvalue weighted by Gasteiger charge is -2.17. The van der Waals surface area contributed by atoms with Crippen LogP contribution < -0.4 is 10.1 Å². The fourth-order valence-corrected chi connectivity index (χ4v) is 1.51. The zero-order valence-electron chi connectivity index (χ0n) is 11.3. The first-order valence-corrected chi connectivity index (χ1v) is 6.30. The lowest BCUT2D eigenvalue weighted by molar-refractivity contribution is -0.124. The molecule has 1 atom stereocenters. The number of aromatic nitrogens is 3. The van der Waals surface area contributed by atoms with Crippen LogP contribution in [0.5, 0.6) is 6.01 Å². The lowest BCUT2D eigenvalue weighted by Crippen LogP contribution is -2.39. The molecular weight excluding hydrogens is 244 g/mol. The van der Waals surface area contributed by atoms with Crippen LogP contribution in [0.4, 0.5) is 0 Å². The van der Waals surface area contributed by atoms with Gasteiger partial charge in [0, 0.05) is 12.2 Å². The molecule has 0 saturated carbocycles. The summed E-state index contributed by atoms with van der Waals surface area (Å²) in [4.78, 5) is 11.7. The molecule has 0 aliphatic rings. The van der Waals surface area contributed by atoms with Gasteiger partial charge in [-0.1, -0.05) is 25.0 Å². The fourth-order valence-electron chi connectivity index (χ4n) is 1.51. The van der Waals surface area contributed by atoms with Crippen LogP contribution in [0.25, 0.3) is 5.65 Å². The molecule has 0 saturated heterocycles. The largest absolute Gasteiger partial charge is 0.453 e. The maximum atomic E-state index is 11.7. The highest BCUT2D eigenvalue weighted by Gasteiger charge is 2.12. The molecule has 0 bridgehead atoms. The molecule has 6 heteroatoms. The Hall–Kier alpha value is -2.11. The Morgan fingerprint density at radius 2 is 2.16 bits per heavy atom. The van der Waals surface area contributed by atoms with Gasteiger partial charge >= 0.3 is 6.01 Å². The van der Waals surface area contributed by atoms with Gasteiger partial charge in [0.15, 0.2) is 12.3 Å². The van der Waals surface area contributed by atoms with Crippen molar-refractivity contribution >= 4 is 11.6 Å². The van der Waals surface area contributed by atoms with Crippen LogP contribution in [-0.2, 0) is 4.79 Å². The molecule has 1 N–H and O–H groups in total. The Morgan fingerprint density at radius 3 is 2.89 bits per heavy atom. The smallest absolute Gasteiger partial charge is 0.322 e. The van der Waals surface area contributed by atoms with Gasteiger partial charge in [0.1, 0.15) is 0 Å². The van der Waals surface area contributed by atoms with Crippen molar-refractivity contribution in [2.24, 2.45) is 5.92 Å². The summed E-state index contributed by atoms with van der Waals surface area (Å²) in [7, 11) is 0. The molecule has 0 aliphatic heterocycles. The van der Waals surface area contributed by atoms with Crippen molar-refractivity contribution in [1.82, 2.24) is 19.9 Å². The first kappa shape index (κ1) is 13.3. The van der Waals surface area contributed by atoms with E-state index in [2.05, 4.69) is 29.4 Å². The number of hydrogen-bond donors (Lipinski definition) is 1. The predicted molar refractivity (Wildman–Crippen MR) is 70.9 cm³/mol. The van der Waals surface area contributed by atoms with Crippen LogP contribution in [0.3, 0.4) is 0 Å². The molecule has 0 aromatic carbocycles. The quantitative estimate of drug-likeness (QED) is 0.881. The van der Waals surface area contributed by atoms with Crippen molar-refractivity contribution in [1.29, 1.82) is 0 Å². The molecular formula is C13H18N4O2. The number of nitrogens with zero attached hydrogens (tertiary/aromatic N) is 3. The zero-order valence-corrected chi connectivity index (χ0v) is 11.3. The molecule has 2 heterocycles. The molecule has 0 radical (unpaired) electrons. The summed E-state index contributed by atoms with van der Waals surface area (Å²) in [5.41, 5.74) is 0.688. The number of nitrogens with one attached hydrogen (secondary N) is 1. The van der Waals surface area contributed by atoms with E-state index in [0.29, 0.717) is 17.6 Å². The normalized spacial score (nSPS) is 12.6. The van der Waals surface area contributed by atoms with Crippen molar-refractivity contribution in [2.75, 3.05) is 6.61 Å². The number of hydrogen-bond acceptors (Lipinski definition) is 4. The maximum Gasteiger partial charge on any atom is 0.322 e. The average Bonchev–Trinajstić information content (AvgIpc) is 2.79. The Balaban J connectivity index is 1.94. The van der Waals surface area contributed by atoms with Crippen molar-refractivity contribution in [3.8, 4) is 6.01 Å². The van der Waals surface area contributed by atoms with Crippen LogP contribution in [-0.4, -0.2) is 33.2 Å². The van der Waals surface area contributed by atoms with Gasteiger partial charge in [-0.05, 0) is 25.0 Å². The van der Waals surface area contributed by atoms with Gasteiger partial charge in [0.05, 0.1) is 0 Å². The second-order valence-corrected chi connectivity index (χ2v) is 4.80. The maximum absolute atomic E-state index is 11.7. The van der Waals surface area contributed by atoms with Crippen molar-refractivity contribution in [2.45, 2.75) is 26.8 Å². The van der Waals surface area contributed by atoms with E-state index >= 15 is 0 Å². The minimum Gasteiger partial charge on any atom is -0.453 e. The second-order valence-electron chi connectivity index (χ2n) is 4.80. The number of rotatable bonds is 5. The molecule has 2 aromatic heterocycles. The summed E-state index contributed by atoms with van der Waals surface area (Å²) < 4.78 is 7.07. The van der Waals surface area contributed by atoms with Crippen LogP contribution in [0.15, 0.2) is 24.4 Å². The van der Waals surface area contributed by atoms with Gasteiger partial charge in [-0.25, -0.2) is 0 Å². The van der Waals surface area contributed by atoms with Gasteiger partial charge < -0.3 is 10.1 Å². The number of fused-ring (bicyclic) bond motifs is 1. The Kier molecular flexibility index (Phi) is 3.99. The predicted octanol–water partition coefficient (Wildman–Crippen LogP) is 1.27. The monoisotopic (exact) mass is 262 g/mol. The molecule has 0 aliphatic carbocycles. The first-order chi connectivity index (χ1) is 9.08. The summed E-state index contributed by atoms with van der Waals surface area (Å²) in [5.74, 6) is 0.228. The fraction of sp³-hybridized carbons (Fsp3) is 0.462. The third-order valence-electron chi connectivity index (χ3n) is 3.00. The van der Waals surface area contributed by atoms with E-state index in [0.717, 1.165) is 0 Å². The molecule has 102 valence electrons. The van der Waals surface area contributed by atoms with E-state index in [4.69, 9.17) is 4.74 Å². The number of ether oxygens (including phenoxy) is 1. The summed E-state index contributed by atoms with van der Waals surface area (Å²) in [6, 6.07) is 5.98. The number of pyridine rings is 1. The molecule has 0 unspecified atom stereocenters. The van der Waals surface area contributed by atoms with Gasteiger partial charge in [-0.2, -0.15) is 0 Å². The molecule has 2 aromatic rings. The highest BCUT2D eigenvalue weighted by atomic mass is 16.5. The van der Waals surface area contributed by atoms with Crippen LogP contribution in [0.1, 0.15) is 20.8 Å². The molecule has 0 fully saturated rings. The van der Waals surface area contributed by atoms with E-state index in [-0.39, 0.29) is 18.6 Å². The van der Waals surface area contributed by atoms with Crippen LogP contribution in [0, 0.1) is 5.92 Å². The number of amides is 1. The van der Waals surface area contributed by atoms with Crippen LogP contribution in [0.2, 0.25) is 0 Å². The molecule has 2 rings (SSSR count). The average molecular weight is 262 g/mol. The Labute approximate surface area is 111 Å². The highest BCUT2D eigenvalue weighted by Crippen LogP contribution is 2.09. The summed E-state index contributed by atoms with van der Waals surface area (Å²) in [6.45, 7) is 6.01. The van der Waals surface area contributed by atoms with E-state index in [1.807, 2.05) is 25.1 Å². The topological polar surface area (TPSA) is 68.5 Å². The molecule has 6 nitrogen and oxygen atoms in total. The first-order valence-electron chi connectivity index (χ1n) is 6.30. The third-order valence-corrected chi connectivity index (χ3v) is 3.00. The van der Waals surface area contributed by atoms with E-state index in [9.17, 15) is 4.79 Å². The van der Waals surface area contributed by atoms with Gasteiger partial charge in [-0.15, -0.1) is 5.10 Å². The lowest BCUT2D eigenvalue weighted by atomic mass is 10.1. The van der Waals surface area contributed by atoms with Crippen molar-refractivity contribution in [3.05, 3.63) is 24.4 Å². The molecule has 0 spiro atoms. The van der Waals surface area contributed by atoms with E-state index < -0.39 is 0 Å². The third kappa shape index (κ3) is 3.21. The van der Waals surface area contributed by atoms with Crippen molar-refractivity contribution < 1.29 is 9.53 Å². The van der Waals surface area contributed by atoms with Gasteiger partial charge in [-0.3, -0.25) is 9.20 Å². The highest BCUT2D eigenvalue weighted by molar-refractivity contribution is 5.77. The molecule has 19 heavy (non-hydrogen) atoms. The van der Waals surface area contributed by atoms with E-state index in [1.54, 1.807) is 10.6 Å². The second kappa shape index (κ2) is 5.69. The Morgan fingerprint density at radius 1 is 1.37 bits per heavy atom. The minimum absolute atomic E-state index is 0.0628. The number of carbonyl (C=O) groups is 1. The summed E-state index contributed by atoms with van der Waals surface area (Å²) in [6.07, 6.45) is 1.79. The molecule has 1 amide bonds. The summed E-state index contributed by atoms with van der Waals surface area (Å²) in [5, 5.41) is 10.7. The summed E-state index contributed by atoms with van der Waals surface area (Å²) >= 11 is 0. The SMILES string of the molecule is CC(C)[C@H](C)NC(=O)COc1nnc2ccccn12.